The Morgan fingerprint density at radius 2 is 1.86 bits per heavy atom. The van der Waals surface area contributed by atoms with Crippen molar-refractivity contribution in [2.75, 3.05) is 11.9 Å². The largest absolute Gasteiger partial charge is 0.369 e. The number of anilines is 1. The number of H-pyrrole nitrogens is 1. The predicted octanol–water partition coefficient (Wildman–Crippen LogP) is 3.99. The van der Waals surface area contributed by atoms with Crippen molar-refractivity contribution in [3.05, 3.63) is 53.0 Å². The fraction of sp³-hybridized carbons (Fsp3) is 0.333. The summed E-state index contributed by atoms with van der Waals surface area (Å²) in [6.07, 6.45) is 1.96. The van der Waals surface area contributed by atoms with Gasteiger partial charge in [-0.15, -0.1) is 0 Å². The van der Waals surface area contributed by atoms with E-state index in [2.05, 4.69) is 58.4 Å². The summed E-state index contributed by atoms with van der Waals surface area (Å²) in [5.41, 5.74) is 4.66. The Balaban J connectivity index is 2.04. The van der Waals surface area contributed by atoms with Crippen LogP contribution >= 0.6 is 0 Å². The Kier molecular flexibility index (Phi) is 4.09. The van der Waals surface area contributed by atoms with Crippen molar-refractivity contribution in [1.29, 1.82) is 0 Å². The van der Waals surface area contributed by atoms with Gasteiger partial charge in [0.15, 0.2) is 0 Å². The van der Waals surface area contributed by atoms with Crippen molar-refractivity contribution < 1.29 is 0 Å². The zero-order chi connectivity index (χ0) is 15.5. The molecule has 2 aromatic heterocycles. The van der Waals surface area contributed by atoms with Crippen molar-refractivity contribution >= 4 is 16.9 Å². The van der Waals surface area contributed by atoms with Gasteiger partial charge in [-0.3, -0.25) is 0 Å². The van der Waals surface area contributed by atoms with E-state index in [1.165, 1.54) is 16.8 Å². The van der Waals surface area contributed by atoms with Crippen LogP contribution in [0.15, 0.2) is 30.3 Å². The Morgan fingerprint density at radius 1 is 1.09 bits per heavy atom. The van der Waals surface area contributed by atoms with Crippen LogP contribution in [0.3, 0.4) is 0 Å². The summed E-state index contributed by atoms with van der Waals surface area (Å²) < 4.78 is 0. The van der Waals surface area contributed by atoms with Gasteiger partial charge in [-0.2, -0.15) is 0 Å². The molecule has 0 bridgehead atoms. The van der Waals surface area contributed by atoms with Crippen LogP contribution in [-0.4, -0.2) is 21.5 Å². The van der Waals surface area contributed by atoms with Gasteiger partial charge >= 0.3 is 0 Å². The fourth-order valence-electron chi connectivity index (χ4n) is 2.75. The van der Waals surface area contributed by atoms with Gasteiger partial charge in [0.25, 0.3) is 0 Å². The lowest BCUT2D eigenvalue weighted by molar-refractivity contribution is 0.961. The molecule has 3 aromatic rings. The third kappa shape index (κ3) is 2.82. The average Bonchev–Trinajstić information content (AvgIpc) is 2.82. The van der Waals surface area contributed by atoms with Gasteiger partial charge in [0.1, 0.15) is 17.3 Å². The van der Waals surface area contributed by atoms with E-state index in [0.717, 1.165) is 42.1 Å². The molecule has 0 aliphatic heterocycles. The van der Waals surface area contributed by atoms with E-state index in [1.54, 1.807) is 0 Å². The van der Waals surface area contributed by atoms with E-state index < -0.39 is 0 Å². The van der Waals surface area contributed by atoms with E-state index in [4.69, 9.17) is 0 Å². The molecule has 4 nitrogen and oxygen atoms in total. The Hall–Kier alpha value is -2.36. The predicted molar refractivity (Wildman–Crippen MR) is 91.4 cm³/mol. The number of rotatable bonds is 5. The molecule has 0 unspecified atom stereocenters. The molecule has 0 radical (unpaired) electrons. The van der Waals surface area contributed by atoms with Crippen LogP contribution in [0.1, 0.15) is 36.0 Å². The summed E-state index contributed by atoms with van der Waals surface area (Å²) in [6, 6.07) is 10.5. The van der Waals surface area contributed by atoms with E-state index in [0.29, 0.717) is 0 Å². The molecule has 0 aliphatic rings. The molecule has 114 valence electrons. The molecule has 2 heterocycles. The second-order valence-electron chi connectivity index (χ2n) is 5.66. The highest BCUT2D eigenvalue weighted by molar-refractivity contribution is 5.91. The number of aromatic amines is 1. The molecule has 0 aliphatic carbocycles. The zero-order valence-corrected chi connectivity index (χ0v) is 13.4. The minimum absolute atomic E-state index is 0.790. The lowest BCUT2D eigenvalue weighted by Gasteiger charge is -2.07. The third-order valence-electron chi connectivity index (χ3n) is 3.88. The van der Waals surface area contributed by atoms with Crippen LogP contribution in [0.25, 0.3) is 11.0 Å². The fourth-order valence-corrected chi connectivity index (χ4v) is 2.75. The second kappa shape index (κ2) is 6.18. The minimum atomic E-state index is 0.790. The van der Waals surface area contributed by atoms with Crippen LogP contribution in [-0.2, 0) is 6.42 Å². The topological polar surface area (TPSA) is 53.6 Å². The first kappa shape index (κ1) is 14.6. The SMILES string of the molecule is CCCNc1nc(C)nc2[nH]c(Cc3ccccc3)c(C)c12. The van der Waals surface area contributed by atoms with Crippen LogP contribution in [0.5, 0.6) is 0 Å². The lowest BCUT2D eigenvalue weighted by atomic mass is 10.1. The monoisotopic (exact) mass is 294 g/mol. The first-order valence-corrected chi connectivity index (χ1v) is 7.82. The minimum Gasteiger partial charge on any atom is -0.369 e. The maximum absolute atomic E-state index is 4.58. The standard InChI is InChI=1S/C18H22N4/c1-4-10-19-17-16-12(2)15(11-14-8-6-5-7-9-14)22-18(16)21-13(3)20-17/h5-9H,4,10-11H2,1-3H3,(H2,19,20,21,22). The Bertz CT molecular complexity index is 775. The maximum Gasteiger partial charge on any atom is 0.143 e. The maximum atomic E-state index is 4.58. The Morgan fingerprint density at radius 3 is 2.59 bits per heavy atom. The molecule has 0 saturated carbocycles. The second-order valence-corrected chi connectivity index (χ2v) is 5.66. The number of aryl methyl sites for hydroxylation is 2. The summed E-state index contributed by atoms with van der Waals surface area (Å²) >= 11 is 0. The number of aromatic nitrogens is 3. The smallest absolute Gasteiger partial charge is 0.143 e. The summed E-state index contributed by atoms with van der Waals surface area (Å²) in [4.78, 5) is 12.6. The summed E-state index contributed by atoms with van der Waals surface area (Å²) in [7, 11) is 0. The van der Waals surface area contributed by atoms with Gasteiger partial charge in [-0.1, -0.05) is 37.3 Å². The zero-order valence-electron chi connectivity index (χ0n) is 13.4. The number of nitrogens with zero attached hydrogens (tertiary/aromatic N) is 2. The van der Waals surface area contributed by atoms with E-state index >= 15 is 0 Å². The van der Waals surface area contributed by atoms with Gasteiger partial charge in [0.05, 0.1) is 5.39 Å². The van der Waals surface area contributed by atoms with E-state index in [-0.39, 0.29) is 0 Å². The van der Waals surface area contributed by atoms with Gasteiger partial charge in [-0.05, 0) is 31.4 Å². The van der Waals surface area contributed by atoms with Crippen LogP contribution in [0.2, 0.25) is 0 Å². The number of benzene rings is 1. The third-order valence-corrected chi connectivity index (χ3v) is 3.88. The molecular formula is C18H22N4. The van der Waals surface area contributed by atoms with Crippen LogP contribution in [0, 0.1) is 13.8 Å². The van der Waals surface area contributed by atoms with Gasteiger partial charge in [0, 0.05) is 18.7 Å². The summed E-state index contributed by atoms with van der Waals surface area (Å²) in [6.45, 7) is 7.16. The van der Waals surface area contributed by atoms with Crippen molar-refractivity contribution in [1.82, 2.24) is 15.0 Å². The number of nitrogens with one attached hydrogen (secondary N) is 2. The lowest BCUT2D eigenvalue weighted by Crippen LogP contribution is -2.04. The Labute approximate surface area is 131 Å². The first-order chi connectivity index (χ1) is 10.7. The van der Waals surface area contributed by atoms with Crippen molar-refractivity contribution in [3.63, 3.8) is 0 Å². The number of fused-ring (bicyclic) bond motifs is 1. The average molecular weight is 294 g/mol. The first-order valence-electron chi connectivity index (χ1n) is 7.82. The highest BCUT2D eigenvalue weighted by atomic mass is 15.1. The van der Waals surface area contributed by atoms with Crippen LogP contribution < -0.4 is 5.32 Å². The molecule has 0 amide bonds. The molecule has 22 heavy (non-hydrogen) atoms. The molecule has 0 atom stereocenters. The van der Waals surface area contributed by atoms with Crippen LogP contribution in [0.4, 0.5) is 5.82 Å². The molecule has 0 fully saturated rings. The van der Waals surface area contributed by atoms with Crippen molar-refractivity contribution in [2.24, 2.45) is 0 Å². The van der Waals surface area contributed by atoms with E-state index in [1.807, 2.05) is 13.0 Å². The molecule has 2 N–H and O–H groups in total. The normalized spacial score (nSPS) is 11.0. The van der Waals surface area contributed by atoms with Gasteiger partial charge < -0.3 is 10.3 Å². The van der Waals surface area contributed by atoms with Gasteiger partial charge in [0.2, 0.25) is 0 Å². The van der Waals surface area contributed by atoms with E-state index in [9.17, 15) is 0 Å². The molecular weight excluding hydrogens is 272 g/mol. The molecule has 0 saturated heterocycles. The quantitative estimate of drug-likeness (QED) is 0.748. The highest BCUT2D eigenvalue weighted by Crippen LogP contribution is 2.28. The number of hydrogen-bond acceptors (Lipinski definition) is 3. The molecule has 1 aromatic carbocycles. The van der Waals surface area contributed by atoms with Crippen molar-refractivity contribution in [2.45, 2.75) is 33.6 Å². The van der Waals surface area contributed by atoms with Crippen molar-refractivity contribution in [3.8, 4) is 0 Å². The highest BCUT2D eigenvalue weighted by Gasteiger charge is 2.14. The molecule has 0 spiro atoms. The summed E-state index contributed by atoms with van der Waals surface area (Å²) in [5.74, 6) is 1.73. The summed E-state index contributed by atoms with van der Waals surface area (Å²) in [5, 5.41) is 4.54. The molecule has 4 heteroatoms. The molecule has 3 rings (SSSR count). The van der Waals surface area contributed by atoms with Gasteiger partial charge in [-0.25, -0.2) is 9.97 Å². The number of hydrogen-bond donors (Lipinski definition) is 2.